The van der Waals surface area contributed by atoms with Crippen LogP contribution in [0.5, 0.6) is 0 Å². The third-order valence-corrected chi connectivity index (χ3v) is 6.25. The third-order valence-electron chi connectivity index (χ3n) is 4.50. The van der Waals surface area contributed by atoms with Crippen molar-refractivity contribution in [2.24, 2.45) is 11.8 Å². The maximum absolute atomic E-state index is 12.3. The zero-order valence-electron chi connectivity index (χ0n) is 13.9. The van der Waals surface area contributed by atoms with Gasteiger partial charge in [-0.3, -0.25) is 9.59 Å². The summed E-state index contributed by atoms with van der Waals surface area (Å²) in [6.07, 6.45) is 0.705. The van der Waals surface area contributed by atoms with E-state index in [-0.39, 0.29) is 42.3 Å². The number of nitrogens with one attached hydrogen (secondary N) is 1. The summed E-state index contributed by atoms with van der Waals surface area (Å²) in [5.41, 5.74) is 0. The fraction of sp³-hybridized carbons (Fsp3) is 0.800. The lowest BCUT2D eigenvalue weighted by Gasteiger charge is -2.23. The van der Waals surface area contributed by atoms with Crippen molar-refractivity contribution in [2.75, 3.05) is 18.1 Å². The average Bonchev–Trinajstić information content (AvgIpc) is 3.00. The van der Waals surface area contributed by atoms with Crippen molar-refractivity contribution in [1.29, 1.82) is 0 Å². The van der Waals surface area contributed by atoms with Gasteiger partial charge in [0.1, 0.15) is 6.04 Å². The Morgan fingerprint density at radius 1 is 1.38 bits per heavy atom. The Kier molecular flexibility index (Phi) is 5.52. The molecule has 2 N–H and O–H groups in total. The molecule has 0 aromatic carbocycles. The van der Waals surface area contributed by atoms with Crippen LogP contribution in [0.3, 0.4) is 0 Å². The molecular weight excluding hydrogens is 336 g/mol. The van der Waals surface area contributed by atoms with Crippen molar-refractivity contribution in [1.82, 2.24) is 10.2 Å². The molecule has 24 heavy (non-hydrogen) atoms. The number of carbonyl (C=O) groups is 3. The predicted octanol–water partition coefficient (Wildman–Crippen LogP) is -0.362. The van der Waals surface area contributed by atoms with Crippen LogP contribution < -0.4 is 5.32 Å². The third kappa shape index (κ3) is 4.46. The summed E-state index contributed by atoms with van der Waals surface area (Å²) < 4.78 is 23.1. The average molecular weight is 360 g/mol. The molecule has 2 heterocycles. The smallest absolute Gasteiger partial charge is 0.326 e. The Bertz CT molecular complexity index is 630. The first-order valence-electron chi connectivity index (χ1n) is 8.12. The topological polar surface area (TPSA) is 121 Å². The van der Waals surface area contributed by atoms with Gasteiger partial charge in [-0.1, -0.05) is 13.8 Å². The number of amides is 2. The number of carboxylic acid groups (broad SMARTS) is 1. The number of nitrogens with zero attached hydrogens (tertiary/aromatic N) is 1. The molecule has 2 rings (SSSR count). The molecule has 0 radical (unpaired) electrons. The van der Waals surface area contributed by atoms with E-state index < -0.39 is 33.7 Å². The highest BCUT2D eigenvalue weighted by Crippen LogP contribution is 2.26. The van der Waals surface area contributed by atoms with Crippen LogP contribution in [0.4, 0.5) is 0 Å². The molecule has 3 unspecified atom stereocenters. The molecule has 9 heteroatoms. The van der Waals surface area contributed by atoms with Crippen molar-refractivity contribution < 1.29 is 27.9 Å². The zero-order chi connectivity index (χ0) is 18.1. The number of sulfone groups is 1. The monoisotopic (exact) mass is 360 g/mol. The highest BCUT2D eigenvalue weighted by Gasteiger charge is 2.42. The Hall–Kier alpha value is -1.64. The molecular formula is C15H24N2O6S. The molecule has 0 bridgehead atoms. The van der Waals surface area contributed by atoms with Gasteiger partial charge in [0.25, 0.3) is 0 Å². The first-order valence-corrected chi connectivity index (χ1v) is 9.94. The summed E-state index contributed by atoms with van der Waals surface area (Å²) >= 11 is 0. The molecule has 136 valence electrons. The van der Waals surface area contributed by atoms with Crippen molar-refractivity contribution in [2.45, 2.75) is 45.2 Å². The van der Waals surface area contributed by atoms with Crippen molar-refractivity contribution in [3.8, 4) is 0 Å². The molecule has 2 fully saturated rings. The summed E-state index contributed by atoms with van der Waals surface area (Å²) in [6, 6.07) is -1.35. The normalized spacial score (nSPS) is 27.5. The van der Waals surface area contributed by atoms with E-state index in [1.165, 1.54) is 4.90 Å². The van der Waals surface area contributed by atoms with Crippen molar-refractivity contribution >= 4 is 27.6 Å². The maximum atomic E-state index is 12.3. The number of rotatable bonds is 6. The van der Waals surface area contributed by atoms with Gasteiger partial charge < -0.3 is 15.3 Å². The molecule has 2 saturated heterocycles. The minimum Gasteiger partial charge on any atom is -0.480 e. The van der Waals surface area contributed by atoms with E-state index in [1.807, 2.05) is 13.8 Å². The Balaban J connectivity index is 1.97. The number of hydrogen-bond acceptors (Lipinski definition) is 5. The van der Waals surface area contributed by atoms with Gasteiger partial charge >= 0.3 is 5.97 Å². The van der Waals surface area contributed by atoms with E-state index in [1.54, 1.807) is 0 Å². The van der Waals surface area contributed by atoms with Crippen LogP contribution in [-0.4, -0.2) is 66.3 Å². The van der Waals surface area contributed by atoms with E-state index in [4.69, 9.17) is 0 Å². The number of aliphatic carboxylic acids is 1. The Labute approximate surface area is 141 Å². The van der Waals surface area contributed by atoms with Crippen molar-refractivity contribution in [3.63, 3.8) is 0 Å². The van der Waals surface area contributed by atoms with Crippen molar-refractivity contribution in [3.05, 3.63) is 0 Å². The summed E-state index contributed by atoms with van der Waals surface area (Å²) in [6.45, 7) is 3.88. The molecule has 2 amide bonds. The highest BCUT2D eigenvalue weighted by molar-refractivity contribution is 7.91. The maximum Gasteiger partial charge on any atom is 0.326 e. The largest absolute Gasteiger partial charge is 0.480 e. The molecule has 0 spiro atoms. The second-order valence-electron chi connectivity index (χ2n) is 7.03. The number of likely N-dealkylation sites (tertiary alicyclic amines) is 1. The zero-order valence-corrected chi connectivity index (χ0v) is 14.7. The van der Waals surface area contributed by atoms with Gasteiger partial charge in [-0.15, -0.1) is 0 Å². The minimum atomic E-state index is -3.11. The lowest BCUT2D eigenvalue weighted by molar-refractivity contribution is -0.142. The second-order valence-corrected chi connectivity index (χ2v) is 9.26. The quantitative estimate of drug-likeness (QED) is 0.667. The van der Waals surface area contributed by atoms with Gasteiger partial charge in [0, 0.05) is 19.0 Å². The first kappa shape index (κ1) is 18.7. The summed E-state index contributed by atoms with van der Waals surface area (Å²) in [4.78, 5) is 37.1. The number of hydrogen-bond donors (Lipinski definition) is 2. The molecule has 0 aromatic heterocycles. The molecule has 2 aliphatic rings. The van der Waals surface area contributed by atoms with Crippen LogP contribution in [0.1, 0.15) is 33.1 Å². The van der Waals surface area contributed by atoms with E-state index >= 15 is 0 Å². The highest BCUT2D eigenvalue weighted by atomic mass is 32.2. The summed E-state index contributed by atoms with van der Waals surface area (Å²) in [5.74, 6) is -2.31. The predicted molar refractivity (Wildman–Crippen MR) is 85.9 cm³/mol. The fourth-order valence-electron chi connectivity index (χ4n) is 3.26. The van der Waals surface area contributed by atoms with E-state index in [0.717, 1.165) is 0 Å². The van der Waals surface area contributed by atoms with Crippen LogP contribution in [0.15, 0.2) is 0 Å². The molecule has 0 aromatic rings. The van der Waals surface area contributed by atoms with Gasteiger partial charge in [-0.05, 0) is 18.8 Å². The van der Waals surface area contributed by atoms with Gasteiger partial charge in [0.05, 0.1) is 17.4 Å². The molecule has 0 saturated carbocycles. The van der Waals surface area contributed by atoms with Gasteiger partial charge in [-0.2, -0.15) is 0 Å². The molecule has 2 aliphatic heterocycles. The van der Waals surface area contributed by atoms with Crippen LogP contribution >= 0.6 is 0 Å². The molecule has 8 nitrogen and oxygen atoms in total. The summed E-state index contributed by atoms with van der Waals surface area (Å²) in [5, 5.41) is 11.7. The lowest BCUT2D eigenvalue weighted by atomic mass is 10.0. The molecule has 3 atom stereocenters. The van der Waals surface area contributed by atoms with E-state index in [2.05, 4.69) is 5.32 Å². The van der Waals surface area contributed by atoms with Crippen LogP contribution in [0, 0.1) is 11.8 Å². The summed E-state index contributed by atoms with van der Waals surface area (Å²) in [7, 11) is -3.11. The second kappa shape index (κ2) is 7.08. The Morgan fingerprint density at radius 2 is 2.04 bits per heavy atom. The van der Waals surface area contributed by atoms with Crippen LogP contribution in [0.25, 0.3) is 0 Å². The number of carboxylic acids is 1. The standard InChI is InChI=1S/C15H24N2O6S/c1-9(2)5-12(15(20)21)16-14(19)10-6-13(18)17(7-10)11-3-4-24(22,23)8-11/h9-12H,3-8H2,1-2H3,(H,16,19)(H,20,21). The van der Waals surface area contributed by atoms with E-state index in [0.29, 0.717) is 12.8 Å². The fourth-order valence-corrected chi connectivity index (χ4v) is 4.99. The van der Waals surface area contributed by atoms with Gasteiger partial charge in [0.15, 0.2) is 9.84 Å². The lowest BCUT2D eigenvalue weighted by Crippen LogP contribution is -2.45. The number of carbonyl (C=O) groups excluding carboxylic acids is 2. The van der Waals surface area contributed by atoms with Crippen LogP contribution in [-0.2, 0) is 24.2 Å². The Morgan fingerprint density at radius 3 is 2.54 bits per heavy atom. The van der Waals surface area contributed by atoms with Gasteiger partial charge in [-0.25, -0.2) is 13.2 Å². The van der Waals surface area contributed by atoms with Gasteiger partial charge in [0.2, 0.25) is 11.8 Å². The molecule has 0 aliphatic carbocycles. The minimum absolute atomic E-state index is 0.00357. The van der Waals surface area contributed by atoms with E-state index in [9.17, 15) is 27.9 Å². The van der Waals surface area contributed by atoms with Crippen LogP contribution in [0.2, 0.25) is 0 Å². The first-order chi connectivity index (χ1) is 11.1. The SMILES string of the molecule is CC(C)CC(NC(=O)C1CC(=O)N(C2CCS(=O)(=O)C2)C1)C(=O)O.